The Labute approximate surface area is 86.8 Å². The number of nitrogens with two attached hydrogens (primary N) is 1. The second-order valence-corrected chi connectivity index (χ2v) is 3.63. The number of nitro groups is 1. The van der Waals surface area contributed by atoms with Gasteiger partial charge in [0.1, 0.15) is 5.02 Å². The largest absolute Gasteiger partial charge is 0.328 e. The molecule has 0 bridgehead atoms. The van der Waals surface area contributed by atoms with Crippen LogP contribution in [0.15, 0.2) is 18.2 Å². The molecule has 0 aromatic heterocycles. The van der Waals surface area contributed by atoms with Gasteiger partial charge in [-0.1, -0.05) is 17.7 Å². The van der Waals surface area contributed by atoms with Crippen LogP contribution < -0.4 is 5.73 Å². The Morgan fingerprint density at radius 2 is 2.29 bits per heavy atom. The summed E-state index contributed by atoms with van der Waals surface area (Å²) in [5, 5.41) is 10.7. The number of benzene rings is 1. The minimum Gasteiger partial charge on any atom is -0.328 e. The SMILES string of the molecule is CC(N)Cc1ccc(Cl)c([N+](=O)[O-])c1. The van der Waals surface area contributed by atoms with Gasteiger partial charge in [0, 0.05) is 12.1 Å². The molecule has 1 rings (SSSR count). The van der Waals surface area contributed by atoms with Gasteiger partial charge < -0.3 is 5.73 Å². The number of nitrogens with zero attached hydrogens (tertiary/aromatic N) is 1. The second-order valence-electron chi connectivity index (χ2n) is 3.22. The van der Waals surface area contributed by atoms with Crippen LogP contribution in [0.3, 0.4) is 0 Å². The first-order valence-electron chi connectivity index (χ1n) is 4.19. The number of hydrogen-bond acceptors (Lipinski definition) is 3. The molecule has 5 heteroatoms. The summed E-state index contributed by atoms with van der Waals surface area (Å²) in [5.41, 5.74) is 6.35. The molecule has 1 unspecified atom stereocenters. The molecule has 0 aliphatic carbocycles. The van der Waals surface area contributed by atoms with E-state index in [1.807, 2.05) is 6.92 Å². The fourth-order valence-corrected chi connectivity index (χ4v) is 1.38. The van der Waals surface area contributed by atoms with Crippen LogP contribution in [-0.4, -0.2) is 11.0 Å². The number of halogens is 1. The van der Waals surface area contributed by atoms with Gasteiger partial charge in [-0.25, -0.2) is 0 Å². The van der Waals surface area contributed by atoms with Gasteiger partial charge in [0.25, 0.3) is 5.69 Å². The maximum absolute atomic E-state index is 10.5. The summed E-state index contributed by atoms with van der Waals surface area (Å²) < 4.78 is 0. The molecular formula is C9H11ClN2O2. The van der Waals surface area contributed by atoms with E-state index in [0.717, 1.165) is 5.56 Å². The van der Waals surface area contributed by atoms with Crippen LogP contribution in [-0.2, 0) is 6.42 Å². The summed E-state index contributed by atoms with van der Waals surface area (Å²) in [6.45, 7) is 1.85. The summed E-state index contributed by atoms with van der Waals surface area (Å²) in [4.78, 5) is 10.1. The highest BCUT2D eigenvalue weighted by Crippen LogP contribution is 2.25. The molecule has 0 saturated heterocycles. The molecule has 0 fully saturated rings. The maximum Gasteiger partial charge on any atom is 0.288 e. The molecule has 2 N–H and O–H groups in total. The third-order valence-electron chi connectivity index (χ3n) is 1.76. The van der Waals surface area contributed by atoms with Crippen molar-refractivity contribution in [1.29, 1.82) is 0 Å². The summed E-state index contributed by atoms with van der Waals surface area (Å²) >= 11 is 5.65. The molecule has 1 atom stereocenters. The van der Waals surface area contributed by atoms with Crippen LogP contribution in [0.5, 0.6) is 0 Å². The van der Waals surface area contributed by atoms with Gasteiger partial charge >= 0.3 is 0 Å². The Hall–Kier alpha value is -1.13. The van der Waals surface area contributed by atoms with Crippen molar-refractivity contribution >= 4 is 17.3 Å². The first-order valence-corrected chi connectivity index (χ1v) is 4.57. The molecule has 14 heavy (non-hydrogen) atoms. The molecule has 1 aromatic carbocycles. The monoisotopic (exact) mass is 214 g/mol. The van der Waals surface area contributed by atoms with E-state index in [1.165, 1.54) is 12.1 Å². The maximum atomic E-state index is 10.5. The topological polar surface area (TPSA) is 69.2 Å². The first-order chi connectivity index (χ1) is 6.50. The van der Waals surface area contributed by atoms with Crippen LogP contribution in [0.1, 0.15) is 12.5 Å². The van der Waals surface area contributed by atoms with E-state index in [-0.39, 0.29) is 16.8 Å². The Kier molecular flexibility index (Phi) is 3.43. The summed E-state index contributed by atoms with van der Waals surface area (Å²) in [6.07, 6.45) is 0.609. The van der Waals surface area contributed by atoms with Gasteiger partial charge in [0.15, 0.2) is 0 Å². The highest BCUT2D eigenvalue weighted by molar-refractivity contribution is 6.32. The zero-order valence-corrected chi connectivity index (χ0v) is 8.49. The van der Waals surface area contributed by atoms with E-state index in [4.69, 9.17) is 17.3 Å². The van der Waals surface area contributed by atoms with Crippen molar-refractivity contribution in [1.82, 2.24) is 0 Å². The Balaban J connectivity index is 3.00. The lowest BCUT2D eigenvalue weighted by atomic mass is 10.1. The minimum absolute atomic E-state index is 0.0178. The van der Waals surface area contributed by atoms with Crippen molar-refractivity contribution in [2.75, 3.05) is 0 Å². The normalized spacial score (nSPS) is 12.5. The molecule has 0 aliphatic rings. The van der Waals surface area contributed by atoms with Crippen LogP contribution in [0.2, 0.25) is 5.02 Å². The van der Waals surface area contributed by atoms with Crippen molar-refractivity contribution < 1.29 is 4.92 Å². The third-order valence-corrected chi connectivity index (χ3v) is 2.08. The number of rotatable bonds is 3. The van der Waals surface area contributed by atoms with Crippen molar-refractivity contribution in [3.63, 3.8) is 0 Å². The van der Waals surface area contributed by atoms with Gasteiger partial charge in [0.05, 0.1) is 4.92 Å². The smallest absolute Gasteiger partial charge is 0.288 e. The lowest BCUT2D eigenvalue weighted by Gasteiger charge is -2.05. The zero-order valence-electron chi connectivity index (χ0n) is 7.74. The van der Waals surface area contributed by atoms with Crippen LogP contribution in [0.4, 0.5) is 5.69 Å². The van der Waals surface area contributed by atoms with Crippen molar-refractivity contribution in [2.24, 2.45) is 5.73 Å². The van der Waals surface area contributed by atoms with E-state index in [1.54, 1.807) is 6.07 Å². The Bertz CT molecular complexity index is 353. The Morgan fingerprint density at radius 3 is 2.79 bits per heavy atom. The van der Waals surface area contributed by atoms with E-state index < -0.39 is 4.92 Å². The average molecular weight is 215 g/mol. The molecule has 0 radical (unpaired) electrons. The highest BCUT2D eigenvalue weighted by Gasteiger charge is 2.12. The summed E-state index contributed by atoms with van der Waals surface area (Å²) in [5.74, 6) is 0. The predicted molar refractivity (Wildman–Crippen MR) is 55.5 cm³/mol. The van der Waals surface area contributed by atoms with Crippen molar-refractivity contribution in [3.05, 3.63) is 38.9 Å². The molecule has 0 spiro atoms. The van der Waals surface area contributed by atoms with E-state index in [9.17, 15) is 10.1 Å². The molecule has 0 aliphatic heterocycles. The molecule has 76 valence electrons. The van der Waals surface area contributed by atoms with Crippen LogP contribution in [0, 0.1) is 10.1 Å². The van der Waals surface area contributed by atoms with Crippen LogP contribution >= 0.6 is 11.6 Å². The van der Waals surface area contributed by atoms with Gasteiger partial charge in [-0.3, -0.25) is 10.1 Å². The fourth-order valence-electron chi connectivity index (χ4n) is 1.20. The molecular weight excluding hydrogens is 204 g/mol. The van der Waals surface area contributed by atoms with Gasteiger partial charge in [0.2, 0.25) is 0 Å². The second kappa shape index (κ2) is 4.39. The third kappa shape index (κ3) is 2.68. The number of nitro benzene ring substituents is 1. The lowest BCUT2D eigenvalue weighted by Crippen LogP contribution is -2.17. The van der Waals surface area contributed by atoms with Crippen LogP contribution in [0.25, 0.3) is 0 Å². The predicted octanol–water partition coefficient (Wildman–Crippen LogP) is 2.14. The number of hydrogen-bond donors (Lipinski definition) is 1. The molecule has 4 nitrogen and oxygen atoms in total. The summed E-state index contributed by atoms with van der Waals surface area (Å²) in [6, 6.07) is 4.72. The molecule has 0 saturated carbocycles. The van der Waals surface area contributed by atoms with Crippen molar-refractivity contribution in [2.45, 2.75) is 19.4 Å². The highest BCUT2D eigenvalue weighted by atomic mass is 35.5. The molecule has 0 heterocycles. The molecule has 1 aromatic rings. The lowest BCUT2D eigenvalue weighted by molar-refractivity contribution is -0.384. The first kappa shape index (κ1) is 10.9. The average Bonchev–Trinajstić information content (AvgIpc) is 2.07. The summed E-state index contributed by atoms with van der Waals surface area (Å²) in [7, 11) is 0. The van der Waals surface area contributed by atoms with Gasteiger partial charge in [-0.05, 0) is 25.0 Å². The van der Waals surface area contributed by atoms with Gasteiger partial charge in [-0.2, -0.15) is 0 Å². The van der Waals surface area contributed by atoms with Crippen molar-refractivity contribution in [3.8, 4) is 0 Å². The molecule has 0 amide bonds. The van der Waals surface area contributed by atoms with Gasteiger partial charge in [-0.15, -0.1) is 0 Å². The standard InChI is InChI=1S/C9H11ClN2O2/c1-6(11)4-7-2-3-8(10)9(5-7)12(13)14/h2-3,5-6H,4,11H2,1H3. The van der Waals surface area contributed by atoms with E-state index in [0.29, 0.717) is 6.42 Å². The van der Waals surface area contributed by atoms with E-state index >= 15 is 0 Å². The van der Waals surface area contributed by atoms with E-state index in [2.05, 4.69) is 0 Å². The Morgan fingerprint density at radius 1 is 1.64 bits per heavy atom. The quantitative estimate of drug-likeness (QED) is 0.619. The zero-order chi connectivity index (χ0) is 10.7. The minimum atomic E-state index is -0.493. The fraction of sp³-hybridized carbons (Fsp3) is 0.333.